The lowest BCUT2D eigenvalue weighted by Crippen LogP contribution is -2.34. The second-order valence-corrected chi connectivity index (χ2v) is 6.53. The third-order valence-electron chi connectivity index (χ3n) is 4.22. The summed E-state index contributed by atoms with van der Waals surface area (Å²) in [4.78, 5) is 24.6. The van der Waals surface area contributed by atoms with Gasteiger partial charge in [0.25, 0.3) is 5.91 Å². The van der Waals surface area contributed by atoms with Gasteiger partial charge in [-0.1, -0.05) is 54.1 Å². The molecule has 0 saturated carbocycles. The molecule has 5 nitrogen and oxygen atoms in total. The van der Waals surface area contributed by atoms with Crippen LogP contribution in [-0.2, 0) is 0 Å². The molecular formula is C22H19ClN2O3. The molecule has 0 aliphatic heterocycles. The van der Waals surface area contributed by atoms with Gasteiger partial charge >= 0.3 is 6.03 Å². The summed E-state index contributed by atoms with van der Waals surface area (Å²) in [7, 11) is 1.56. The molecule has 0 aliphatic rings. The standard InChI is InChI=1S/C22H19ClN2O3/c1-14-7-6-10-18(23)20(14)21(26)25-22(27)24-16-11-12-17(19(13-16)28-2)15-8-4-3-5-9-15/h3-13H,1-2H3,(H2,24,25,26,27). The molecule has 0 aliphatic carbocycles. The van der Waals surface area contributed by atoms with E-state index in [-0.39, 0.29) is 5.56 Å². The summed E-state index contributed by atoms with van der Waals surface area (Å²) < 4.78 is 5.45. The molecule has 0 unspecified atom stereocenters. The summed E-state index contributed by atoms with van der Waals surface area (Å²) in [5, 5.41) is 5.23. The monoisotopic (exact) mass is 394 g/mol. The van der Waals surface area contributed by atoms with Gasteiger partial charge in [0.15, 0.2) is 0 Å². The number of benzene rings is 3. The highest BCUT2D eigenvalue weighted by Crippen LogP contribution is 2.32. The van der Waals surface area contributed by atoms with E-state index in [2.05, 4.69) is 10.6 Å². The largest absolute Gasteiger partial charge is 0.496 e. The van der Waals surface area contributed by atoms with Crippen molar-refractivity contribution in [2.24, 2.45) is 0 Å². The molecule has 0 bridgehead atoms. The Bertz CT molecular complexity index is 999. The normalized spacial score (nSPS) is 10.2. The van der Waals surface area contributed by atoms with Crippen molar-refractivity contribution in [3.05, 3.63) is 82.9 Å². The minimum Gasteiger partial charge on any atom is -0.496 e. The Labute approximate surface area is 168 Å². The van der Waals surface area contributed by atoms with Gasteiger partial charge < -0.3 is 10.1 Å². The lowest BCUT2D eigenvalue weighted by Gasteiger charge is -2.13. The lowest BCUT2D eigenvalue weighted by molar-refractivity contribution is 0.0966. The fourth-order valence-electron chi connectivity index (χ4n) is 2.87. The third kappa shape index (κ3) is 4.32. The molecule has 3 aromatic rings. The molecule has 0 heterocycles. The minimum absolute atomic E-state index is 0.274. The van der Waals surface area contributed by atoms with Crippen LogP contribution in [0.15, 0.2) is 66.7 Å². The molecule has 6 heteroatoms. The topological polar surface area (TPSA) is 67.4 Å². The quantitative estimate of drug-likeness (QED) is 0.632. The molecule has 3 rings (SSSR count). The molecule has 0 saturated heterocycles. The highest BCUT2D eigenvalue weighted by Gasteiger charge is 2.16. The first-order valence-corrected chi connectivity index (χ1v) is 8.98. The summed E-state index contributed by atoms with van der Waals surface area (Å²) >= 11 is 6.07. The number of hydrogen-bond donors (Lipinski definition) is 2. The first-order valence-electron chi connectivity index (χ1n) is 8.60. The molecule has 3 amide bonds. The maximum absolute atomic E-state index is 12.4. The second kappa shape index (κ2) is 8.59. The molecule has 0 radical (unpaired) electrons. The van der Waals surface area contributed by atoms with Crippen LogP contribution in [0.3, 0.4) is 0 Å². The Morgan fingerprint density at radius 2 is 1.71 bits per heavy atom. The smallest absolute Gasteiger partial charge is 0.326 e. The Kier molecular flexibility index (Phi) is 5.96. The number of methoxy groups -OCH3 is 1. The van der Waals surface area contributed by atoms with Crippen molar-refractivity contribution in [1.82, 2.24) is 5.32 Å². The van der Waals surface area contributed by atoms with Crippen molar-refractivity contribution in [1.29, 1.82) is 0 Å². The number of nitrogens with one attached hydrogen (secondary N) is 2. The number of carbonyl (C=O) groups is 2. The number of hydrogen-bond acceptors (Lipinski definition) is 3. The first kappa shape index (κ1) is 19.5. The van der Waals surface area contributed by atoms with Gasteiger partial charge in [0.1, 0.15) is 5.75 Å². The minimum atomic E-state index is -0.654. The van der Waals surface area contributed by atoms with Crippen LogP contribution in [-0.4, -0.2) is 19.0 Å². The molecule has 2 N–H and O–H groups in total. The predicted octanol–water partition coefficient (Wildman–Crippen LogP) is 5.29. The number of carbonyl (C=O) groups excluding carboxylic acids is 2. The van der Waals surface area contributed by atoms with Gasteiger partial charge in [-0.2, -0.15) is 0 Å². The van der Waals surface area contributed by atoms with Gasteiger partial charge in [-0.15, -0.1) is 0 Å². The number of anilines is 1. The van der Waals surface area contributed by atoms with Crippen molar-refractivity contribution in [2.75, 3.05) is 12.4 Å². The molecule has 0 atom stereocenters. The molecule has 28 heavy (non-hydrogen) atoms. The van der Waals surface area contributed by atoms with Crippen molar-refractivity contribution >= 4 is 29.2 Å². The van der Waals surface area contributed by atoms with Crippen molar-refractivity contribution in [2.45, 2.75) is 6.92 Å². The molecule has 0 spiro atoms. The summed E-state index contributed by atoms with van der Waals surface area (Å²) in [5.41, 5.74) is 3.36. The van der Waals surface area contributed by atoms with Crippen molar-refractivity contribution in [3.8, 4) is 16.9 Å². The van der Waals surface area contributed by atoms with Crippen molar-refractivity contribution < 1.29 is 14.3 Å². The molecule has 0 fully saturated rings. The Morgan fingerprint density at radius 3 is 2.39 bits per heavy atom. The Morgan fingerprint density at radius 1 is 0.964 bits per heavy atom. The molecule has 142 valence electrons. The fraction of sp³-hybridized carbons (Fsp3) is 0.0909. The highest BCUT2D eigenvalue weighted by atomic mass is 35.5. The number of aryl methyl sites for hydroxylation is 1. The maximum Gasteiger partial charge on any atom is 0.326 e. The summed E-state index contributed by atoms with van der Waals surface area (Å²) in [6.45, 7) is 1.76. The van der Waals surface area contributed by atoms with Gasteiger partial charge in [0, 0.05) is 17.3 Å². The zero-order chi connectivity index (χ0) is 20.1. The highest BCUT2D eigenvalue weighted by molar-refractivity contribution is 6.34. The van der Waals surface area contributed by atoms with Crippen LogP contribution in [0.2, 0.25) is 5.02 Å². The number of rotatable bonds is 4. The third-order valence-corrected chi connectivity index (χ3v) is 4.54. The average molecular weight is 395 g/mol. The van der Waals surface area contributed by atoms with Gasteiger partial charge in [0.2, 0.25) is 0 Å². The van der Waals surface area contributed by atoms with Crippen LogP contribution >= 0.6 is 11.6 Å². The van der Waals surface area contributed by atoms with Crippen LogP contribution in [0, 0.1) is 6.92 Å². The second-order valence-electron chi connectivity index (χ2n) is 6.12. The SMILES string of the molecule is COc1cc(NC(=O)NC(=O)c2c(C)cccc2Cl)ccc1-c1ccccc1. The van der Waals surface area contributed by atoms with E-state index >= 15 is 0 Å². The van der Waals surface area contributed by atoms with E-state index in [1.165, 1.54) is 0 Å². The van der Waals surface area contributed by atoms with Gasteiger partial charge in [0.05, 0.1) is 17.7 Å². The fourth-order valence-corrected chi connectivity index (χ4v) is 3.18. The number of urea groups is 1. The van der Waals surface area contributed by atoms with E-state index in [1.807, 2.05) is 36.4 Å². The Balaban J connectivity index is 1.75. The van der Waals surface area contributed by atoms with Crippen molar-refractivity contribution in [3.63, 3.8) is 0 Å². The maximum atomic E-state index is 12.4. The summed E-state index contributed by atoms with van der Waals surface area (Å²) in [5.74, 6) is 0.0470. The van der Waals surface area contributed by atoms with Crippen LogP contribution in [0.5, 0.6) is 5.75 Å². The summed E-state index contributed by atoms with van der Waals surface area (Å²) in [6, 6.07) is 19.5. The van der Waals surface area contributed by atoms with Crippen LogP contribution in [0.1, 0.15) is 15.9 Å². The Hall–Kier alpha value is -3.31. The first-order chi connectivity index (χ1) is 13.5. The molecule has 3 aromatic carbocycles. The van der Waals surface area contributed by atoms with Gasteiger partial charge in [-0.05, 0) is 36.2 Å². The van der Waals surface area contributed by atoms with E-state index in [0.29, 0.717) is 22.0 Å². The zero-order valence-electron chi connectivity index (χ0n) is 15.5. The number of imide groups is 1. The van der Waals surface area contributed by atoms with E-state index in [0.717, 1.165) is 11.1 Å². The number of ether oxygens (including phenoxy) is 1. The van der Waals surface area contributed by atoms with E-state index in [1.54, 1.807) is 44.4 Å². The van der Waals surface area contributed by atoms with E-state index in [4.69, 9.17) is 16.3 Å². The average Bonchev–Trinajstić information content (AvgIpc) is 2.68. The van der Waals surface area contributed by atoms with Crippen LogP contribution < -0.4 is 15.4 Å². The van der Waals surface area contributed by atoms with Gasteiger partial charge in [-0.3, -0.25) is 10.1 Å². The molecular weight excluding hydrogens is 376 g/mol. The van der Waals surface area contributed by atoms with E-state index < -0.39 is 11.9 Å². The number of halogens is 1. The van der Waals surface area contributed by atoms with Crippen LogP contribution in [0.4, 0.5) is 10.5 Å². The summed E-state index contributed by atoms with van der Waals surface area (Å²) in [6.07, 6.45) is 0. The van der Waals surface area contributed by atoms with E-state index in [9.17, 15) is 9.59 Å². The zero-order valence-corrected chi connectivity index (χ0v) is 16.2. The van der Waals surface area contributed by atoms with Gasteiger partial charge in [-0.25, -0.2) is 4.79 Å². The number of amides is 3. The van der Waals surface area contributed by atoms with Crippen LogP contribution in [0.25, 0.3) is 11.1 Å². The lowest BCUT2D eigenvalue weighted by atomic mass is 10.0. The molecule has 0 aromatic heterocycles. The predicted molar refractivity (Wildman–Crippen MR) is 111 cm³/mol.